The number of hydrogen-bond acceptors (Lipinski definition) is 4. The van der Waals surface area contributed by atoms with Crippen LogP contribution in [0, 0.1) is 0 Å². The fourth-order valence-corrected chi connectivity index (χ4v) is 2.17. The lowest BCUT2D eigenvalue weighted by atomic mass is 10.2. The van der Waals surface area contributed by atoms with Crippen LogP contribution in [0.25, 0.3) is 0 Å². The molecular formula is C16H15ClO4. The maximum Gasteiger partial charge on any atom is 0.172 e. The molecule has 2 rings (SSSR count). The van der Waals surface area contributed by atoms with E-state index in [1.165, 1.54) is 13.2 Å². The molecule has 2 aromatic carbocycles. The van der Waals surface area contributed by atoms with Gasteiger partial charge in [0.2, 0.25) is 0 Å². The molecule has 0 aliphatic heterocycles. The van der Waals surface area contributed by atoms with Crippen molar-refractivity contribution in [3.8, 4) is 17.2 Å². The van der Waals surface area contributed by atoms with Gasteiger partial charge in [0.15, 0.2) is 17.8 Å². The highest BCUT2D eigenvalue weighted by molar-refractivity contribution is 6.31. The van der Waals surface area contributed by atoms with Crippen LogP contribution in [-0.4, -0.2) is 20.5 Å². The van der Waals surface area contributed by atoms with Gasteiger partial charge in [-0.05, 0) is 12.1 Å². The Hall–Kier alpha value is -2.20. The van der Waals surface area contributed by atoms with E-state index in [4.69, 9.17) is 25.8 Å². The highest BCUT2D eigenvalue weighted by atomic mass is 35.5. The van der Waals surface area contributed by atoms with Crippen molar-refractivity contribution in [1.82, 2.24) is 0 Å². The predicted octanol–water partition coefficient (Wildman–Crippen LogP) is 3.75. The van der Waals surface area contributed by atoms with Crippen molar-refractivity contribution in [1.29, 1.82) is 0 Å². The van der Waals surface area contributed by atoms with Gasteiger partial charge in [0.25, 0.3) is 0 Å². The Morgan fingerprint density at radius 1 is 1.10 bits per heavy atom. The van der Waals surface area contributed by atoms with Crippen molar-refractivity contribution in [2.75, 3.05) is 14.2 Å². The molecule has 0 heterocycles. The molecule has 0 saturated heterocycles. The molecule has 0 spiro atoms. The number of carbonyl (C=O) groups excluding carboxylic acids is 1. The first-order chi connectivity index (χ1) is 10.2. The molecule has 0 atom stereocenters. The normalized spacial score (nSPS) is 10.0. The molecule has 0 aromatic heterocycles. The number of methoxy groups -OCH3 is 2. The molecule has 2 aromatic rings. The Kier molecular flexibility index (Phi) is 5.06. The molecule has 110 valence electrons. The zero-order valence-corrected chi connectivity index (χ0v) is 12.5. The van der Waals surface area contributed by atoms with E-state index < -0.39 is 0 Å². The van der Waals surface area contributed by atoms with E-state index in [9.17, 15) is 4.79 Å². The summed E-state index contributed by atoms with van der Waals surface area (Å²) in [6, 6.07) is 10.6. The number of ether oxygens (including phenoxy) is 3. The predicted molar refractivity (Wildman–Crippen MR) is 80.7 cm³/mol. The van der Waals surface area contributed by atoms with Crippen molar-refractivity contribution in [3.05, 3.63) is 52.5 Å². The monoisotopic (exact) mass is 306 g/mol. The Labute approximate surface area is 128 Å². The average Bonchev–Trinajstić information content (AvgIpc) is 2.52. The van der Waals surface area contributed by atoms with Gasteiger partial charge in [-0.1, -0.05) is 29.8 Å². The number of hydrogen-bond donors (Lipinski definition) is 0. The quantitative estimate of drug-likeness (QED) is 0.762. The zero-order chi connectivity index (χ0) is 15.2. The van der Waals surface area contributed by atoms with Gasteiger partial charge in [-0.2, -0.15) is 0 Å². The molecule has 21 heavy (non-hydrogen) atoms. The van der Waals surface area contributed by atoms with Crippen LogP contribution in [0.1, 0.15) is 15.9 Å². The van der Waals surface area contributed by atoms with Crippen LogP contribution in [0.15, 0.2) is 36.4 Å². The van der Waals surface area contributed by atoms with Gasteiger partial charge in [0.05, 0.1) is 19.8 Å². The van der Waals surface area contributed by atoms with Gasteiger partial charge >= 0.3 is 0 Å². The molecule has 0 amide bonds. The summed E-state index contributed by atoms with van der Waals surface area (Å²) in [5.74, 6) is 1.50. The third kappa shape index (κ3) is 3.47. The van der Waals surface area contributed by atoms with Crippen LogP contribution in [0.3, 0.4) is 0 Å². The smallest absolute Gasteiger partial charge is 0.172 e. The zero-order valence-electron chi connectivity index (χ0n) is 11.8. The Morgan fingerprint density at radius 2 is 1.81 bits per heavy atom. The van der Waals surface area contributed by atoms with Crippen molar-refractivity contribution >= 4 is 17.9 Å². The fourth-order valence-electron chi connectivity index (χ4n) is 1.95. The van der Waals surface area contributed by atoms with Crippen LogP contribution >= 0.6 is 11.6 Å². The SMILES string of the molecule is COc1ccccc1COc1c(C=O)cc(Cl)cc1OC. The average molecular weight is 307 g/mol. The number of carbonyl (C=O) groups is 1. The third-order valence-electron chi connectivity index (χ3n) is 2.96. The van der Waals surface area contributed by atoms with E-state index in [1.807, 2.05) is 24.3 Å². The second-order valence-electron chi connectivity index (χ2n) is 4.24. The minimum Gasteiger partial charge on any atom is -0.496 e. The second-order valence-corrected chi connectivity index (χ2v) is 4.68. The van der Waals surface area contributed by atoms with E-state index in [1.54, 1.807) is 13.2 Å². The largest absolute Gasteiger partial charge is 0.496 e. The minimum atomic E-state index is 0.253. The summed E-state index contributed by atoms with van der Waals surface area (Å²) in [6.07, 6.45) is 0.686. The molecule has 0 N–H and O–H groups in total. The first-order valence-electron chi connectivity index (χ1n) is 6.27. The molecule has 0 aliphatic carbocycles. The van der Waals surface area contributed by atoms with E-state index >= 15 is 0 Å². The maximum atomic E-state index is 11.2. The van der Waals surface area contributed by atoms with E-state index in [2.05, 4.69) is 0 Å². The Morgan fingerprint density at radius 3 is 2.48 bits per heavy atom. The maximum absolute atomic E-state index is 11.2. The first kappa shape index (κ1) is 15.2. The van der Waals surface area contributed by atoms with E-state index in [-0.39, 0.29) is 6.61 Å². The first-order valence-corrected chi connectivity index (χ1v) is 6.64. The van der Waals surface area contributed by atoms with Crippen LogP contribution in [0.2, 0.25) is 5.02 Å². The van der Waals surface area contributed by atoms with Gasteiger partial charge in [0.1, 0.15) is 12.4 Å². The van der Waals surface area contributed by atoms with Crippen LogP contribution < -0.4 is 14.2 Å². The van der Waals surface area contributed by atoms with Crippen LogP contribution in [-0.2, 0) is 6.61 Å². The van der Waals surface area contributed by atoms with Crippen molar-refractivity contribution in [2.24, 2.45) is 0 Å². The lowest BCUT2D eigenvalue weighted by molar-refractivity contribution is 0.111. The number of aldehydes is 1. The summed E-state index contributed by atoms with van der Waals surface area (Å²) in [5, 5.41) is 0.415. The molecule has 0 unspecified atom stereocenters. The standard InChI is InChI=1S/C16H15ClO4/c1-19-14-6-4-3-5-11(14)10-21-16-12(9-18)7-13(17)8-15(16)20-2/h3-9H,10H2,1-2H3. The summed E-state index contributed by atoms with van der Waals surface area (Å²) in [4.78, 5) is 11.2. The summed E-state index contributed by atoms with van der Waals surface area (Å²) in [6.45, 7) is 0.253. The Balaban J connectivity index is 2.29. The lowest BCUT2D eigenvalue weighted by Gasteiger charge is -2.14. The van der Waals surface area contributed by atoms with Crippen molar-refractivity contribution in [3.63, 3.8) is 0 Å². The highest BCUT2D eigenvalue weighted by Crippen LogP contribution is 2.34. The van der Waals surface area contributed by atoms with Gasteiger partial charge in [-0.15, -0.1) is 0 Å². The second kappa shape index (κ2) is 6.99. The van der Waals surface area contributed by atoms with Gasteiger partial charge < -0.3 is 14.2 Å². The summed E-state index contributed by atoms with van der Waals surface area (Å²) in [7, 11) is 3.09. The molecule has 0 bridgehead atoms. The van der Waals surface area contributed by atoms with Gasteiger partial charge in [-0.3, -0.25) is 4.79 Å². The molecule has 0 fully saturated rings. The minimum absolute atomic E-state index is 0.253. The molecule has 0 saturated carbocycles. The number of benzene rings is 2. The summed E-state index contributed by atoms with van der Waals surface area (Å²) >= 11 is 5.93. The van der Waals surface area contributed by atoms with Crippen LogP contribution in [0.4, 0.5) is 0 Å². The van der Waals surface area contributed by atoms with Gasteiger partial charge in [-0.25, -0.2) is 0 Å². The number of para-hydroxylation sites is 1. The Bertz CT molecular complexity index is 640. The topological polar surface area (TPSA) is 44.8 Å². The summed E-state index contributed by atoms with van der Waals surface area (Å²) in [5.41, 5.74) is 1.21. The lowest BCUT2D eigenvalue weighted by Crippen LogP contribution is -2.02. The molecule has 4 nitrogen and oxygen atoms in total. The third-order valence-corrected chi connectivity index (χ3v) is 3.18. The highest BCUT2D eigenvalue weighted by Gasteiger charge is 2.13. The molecule has 0 aliphatic rings. The fraction of sp³-hybridized carbons (Fsp3) is 0.188. The summed E-state index contributed by atoms with van der Waals surface area (Å²) < 4.78 is 16.2. The van der Waals surface area contributed by atoms with E-state index in [0.29, 0.717) is 28.4 Å². The number of rotatable bonds is 6. The number of halogens is 1. The van der Waals surface area contributed by atoms with Gasteiger partial charge in [0, 0.05) is 16.7 Å². The van der Waals surface area contributed by atoms with E-state index in [0.717, 1.165) is 11.3 Å². The molecule has 0 radical (unpaired) electrons. The molecular weight excluding hydrogens is 292 g/mol. The van der Waals surface area contributed by atoms with Crippen molar-refractivity contribution in [2.45, 2.75) is 6.61 Å². The van der Waals surface area contributed by atoms with Crippen LogP contribution in [0.5, 0.6) is 17.2 Å². The molecule has 5 heteroatoms. The van der Waals surface area contributed by atoms with Crippen molar-refractivity contribution < 1.29 is 19.0 Å².